The normalized spacial score (nSPS) is 24.2. The van der Waals surface area contributed by atoms with Crippen molar-refractivity contribution in [1.29, 1.82) is 0 Å². The fraction of sp³-hybridized carbons (Fsp3) is 0.923. The fourth-order valence-corrected chi connectivity index (χ4v) is 4.34. The van der Waals surface area contributed by atoms with Crippen LogP contribution >= 0.6 is 0 Å². The number of rotatable bonds is 6. The van der Waals surface area contributed by atoms with Crippen LogP contribution < -0.4 is 4.72 Å². The Bertz CT molecular complexity index is 451. The summed E-state index contributed by atoms with van der Waals surface area (Å²) in [6, 6.07) is 0. The molecule has 0 spiro atoms. The average molecular weight is 304 g/mol. The van der Waals surface area contributed by atoms with E-state index >= 15 is 0 Å². The highest BCUT2D eigenvalue weighted by atomic mass is 32.2. The van der Waals surface area contributed by atoms with Crippen molar-refractivity contribution in [2.75, 3.05) is 19.6 Å². The first-order valence-electron chi connectivity index (χ1n) is 7.30. The number of aliphatic carboxylic acids is 1. The maximum atomic E-state index is 12.2. The molecule has 0 atom stereocenters. The maximum absolute atomic E-state index is 12.2. The molecule has 1 saturated carbocycles. The van der Waals surface area contributed by atoms with E-state index in [1.807, 2.05) is 0 Å². The van der Waals surface area contributed by atoms with Crippen molar-refractivity contribution in [3.8, 4) is 0 Å². The highest BCUT2D eigenvalue weighted by Crippen LogP contribution is 2.43. The Morgan fingerprint density at radius 1 is 1.35 bits per heavy atom. The lowest BCUT2D eigenvalue weighted by atomic mass is 9.67. The number of carboxylic acid groups (broad SMARTS) is 1. The van der Waals surface area contributed by atoms with Gasteiger partial charge < -0.3 is 5.11 Å². The maximum Gasteiger partial charge on any atom is 0.303 e. The summed E-state index contributed by atoms with van der Waals surface area (Å²) in [5.41, 5.74) is -0.373. The molecule has 2 N–H and O–H groups in total. The van der Waals surface area contributed by atoms with Crippen molar-refractivity contribution in [3.05, 3.63) is 0 Å². The molecule has 7 heteroatoms. The molecule has 2 aliphatic rings. The number of hydrogen-bond acceptors (Lipinski definition) is 3. The van der Waals surface area contributed by atoms with Gasteiger partial charge >= 0.3 is 5.97 Å². The fourth-order valence-electron chi connectivity index (χ4n) is 2.97. The molecule has 0 aromatic carbocycles. The molecular formula is C13H24N2O4S. The zero-order valence-electron chi connectivity index (χ0n) is 12.0. The molecule has 116 valence electrons. The van der Waals surface area contributed by atoms with Crippen molar-refractivity contribution in [2.45, 2.75) is 45.4 Å². The number of carboxylic acids is 1. The summed E-state index contributed by atoms with van der Waals surface area (Å²) in [4.78, 5) is 10.9. The molecule has 1 aliphatic heterocycles. The molecule has 2 fully saturated rings. The monoisotopic (exact) mass is 304 g/mol. The Balaban J connectivity index is 1.90. The molecule has 1 heterocycles. The van der Waals surface area contributed by atoms with Gasteiger partial charge in [0, 0.05) is 19.6 Å². The first-order valence-corrected chi connectivity index (χ1v) is 8.74. The lowest BCUT2D eigenvalue weighted by Crippen LogP contribution is -2.49. The predicted molar refractivity (Wildman–Crippen MR) is 75.4 cm³/mol. The van der Waals surface area contributed by atoms with E-state index in [1.165, 1.54) is 4.31 Å². The summed E-state index contributed by atoms with van der Waals surface area (Å²) in [5.74, 6) is -0.276. The van der Waals surface area contributed by atoms with Gasteiger partial charge in [-0.1, -0.05) is 13.3 Å². The van der Waals surface area contributed by atoms with Crippen LogP contribution in [0.1, 0.15) is 45.4 Å². The molecule has 0 unspecified atom stereocenters. The van der Waals surface area contributed by atoms with Crippen LogP contribution in [0.25, 0.3) is 0 Å². The van der Waals surface area contributed by atoms with Crippen LogP contribution in [0.3, 0.4) is 0 Å². The number of carbonyl (C=O) groups is 1. The zero-order chi connectivity index (χ0) is 14.8. The predicted octanol–water partition coefficient (Wildman–Crippen LogP) is 1.20. The molecule has 2 rings (SSSR count). The SMILES string of the molecule is CC1CCN(S(=O)(=O)NCC2(CC(=O)O)CCC2)CC1. The van der Waals surface area contributed by atoms with Crippen LogP contribution in [0.2, 0.25) is 0 Å². The summed E-state index contributed by atoms with van der Waals surface area (Å²) >= 11 is 0. The van der Waals surface area contributed by atoms with E-state index in [2.05, 4.69) is 11.6 Å². The summed E-state index contributed by atoms with van der Waals surface area (Å²) in [6.07, 6.45) is 4.39. The van der Waals surface area contributed by atoms with Crippen LogP contribution in [-0.4, -0.2) is 43.4 Å². The van der Waals surface area contributed by atoms with Crippen LogP contribution in [-0.2, 0) is 15.0 Å². The highest BCUT2D eigenvalue weighted by Gasteiger charge is 2.40. The second-order valence-electron chi connectivity index (χ2n) is 6.33. The minimum atomic E-state index is -3.46. The third kappa shape index (κ3) is 3.71. The lowest BCUT2D eigenvalue weighted by Gasteiger charge is -2.41. The Morgan fingerprint density at radius 2 is 1.95 bits per heavy atom. The van der Waals surface area contributed by atoms with Gasteiger partial charge in [0.15, 0.2) is 0 Å². The standard InChI is InChI=1S/C13H24N2O4S/c1-11-3-7-15(8-4-11)20(18,19)14-10-13(5-2-6-13)9-12(16)17/h11,14H,2-10H2,1H3,(H,16,17). The van der Waals surface area contributed by atoms with Gasteiger partial charge in [-0.25, -0.2) is 4.72 Å². The molecule has 0 radical (unpaired) electrons. The lowest BCUT2D eigenvalue weighted by molar-refractivity contribution is -0.141. The van der Waals surface area contributed by atoms with Crippen LogP contribution in [0.5, 0.6) is 0 Å². The molecule has 0 aromatic rings. The second-order valence-corrected chi connectivity index (χ2v) is 8.09. The third-order valence-electron chi connectivity index (χ3n) is 4.65. The van der Waals surface area contributed by atoms with Gasteiger partial charge in [-0.3, -0.25) is 4.79 Å². The van der Waals surface area contributed by atoms with Gasteiger partial charge in [0.25, 0.3) is 10.2 Å². The molecule has 1 saturated heterocycles. The average Bonchev–Trinajstić information content (AvgIpc) is 2.32. The molecule has 6 nitrogen and oxygen atoms in total. The molecule has 0 aromatic heterocycles. The van der Waals surface area contributed by atoms with Crippen molar-refractivity contribution in [3.63, 3.8) is 0 Å². The molecule has 0 bridgehead atoms. The van der Waals surface area contributed by atoms with Crippen molar-refractivity contribution < 1.29 is 18.3 Å². The first kappa shape index (κ1) is 15.7. The molecule has 0 amide bonds. The van der Waals surface area contributed by atoms with Gasteiger partial charge in [-0.2, -0.15) is 12.7 Å². The van der Waals surface area contributed by atoms with E-state index in [0.717, 1.165) is 32.1 Å². The Morgan fingerprint density at radius 3 is 2.40 bits per heavy atom. The molecular weight excluding hydrogens is 280 g/mol. The Kier molecular flexibility index (Phi) is 4.71. The quantitative estimate of drug-likeness (QED) is 0.772. The van der Waals surface area contributed by atoms with E-state index in [-0.39, 0.29) is 18.4 Å². The minimum absolute atomic E-state index is 0.0482. The molecule has 1 aliphatic carbocycles. The van der Waals surface area contributed by atoms with E-state index in [4.69, 9.17) is 5.11 Å². The van der Waals surface area contributed by atoms with Crippen molar-refractivity contribution in [1.82, 2.24) is 9.03 Å². The molecule has 20 heavy (non-hydrogen) atoms. The number of hydrogen-bond donors (Lipinski definition) is 2. The van der Waals surface area contributed by atoms with E-state index in [0.29, 0.717) is 19.0 Å². The zero-order valence-corrected chi connectivity index (χ0v) is 12.8. The second kappa shape index (κ2) is 5.99. The van der Waals surface area contributed by atoms with Crippen LogP contribution in [0, 0.1) is 11.3 Å². The van der Waals surface area contributed by atoms with E-state index in [9.17, 15) is 13.2 Å². The number of piperidine rings is 1. The highest BCUT2D eigenvalue weighted by molar-refractivity contribution is 7.87. The van der Waals surface area contributed by atoms with Gasteiger partial charge in [-0.15, -0.1) is 0 Å². The third-order valence-corrected chi connectivity index (χ3v) is 6.21. The Labute approximate surface area is 120 Å². The summed E-state index contributed by atoms with van der Waals surface area (Å²) in [7, 11) is -3.46. The number of nitrogens with zero attached hydrogens (tertiary/aromatic N) is 1. The van der Waals surface area contributed by atoms with Gasteiger partial charge in [0.2, 0.25) is 0 Å². The number of nitrogens with one attached hydrogen (secondary N) is 1. The van der Waals surface area contributed by atoms with Crippen molar-refractivity contribution >= 4 is 16.2 Å². The first-order chi connectivity index (χ1) is 9.33. The smallest absolute Gasteiger partial charge is 0.303 e. The summed E-state index contributed by atoms with van der Waals surface area (Å²) in [6.45, 7) is 3.49. The van der Waals surface area contributed by atoms with Crippen LogP contribution in [0.15, 0.2) is 0 Å². The minimum Gasteiger partial charge on any atom is -0.481 e. The Hall–Kier alpha value is -0.660. The van der Waals surface area contributed by atoms with Gasteiger partial charge in [0.05, 0.1) is 6.42 Å². The van der Waals surface area contributed by atoms with Gasteiger partial charge in [-0.05, 0) is 37.0 Å². The van der Waals surface area contributed by atoms with Crippen molar-refractivity contribution in [2.24, 2.45) is 11.3 Å². The van der Waals surface area contributed by atoms with Gasteiger partial charge in [0.1, 0.15) is 0 Å². The summed E-state index contributed by atoms with van der Waals surface area (Å²) in [5, 5.41) is 8.93. The summed E-state index contributed by atoms with van der Waals surface area (Å²) < 4.78 is 28.6. The van der Waals surface area contributed by atoms with E-state index in [1.54, 1.807) is 0 Å². The largest absolute Gasteiger partial charge is 0.481 e. The topological polar surface area (TPSA) is 86.7 Å². The van der Waals surface area contributed by atoms with Crippen LogP contribution in [0.4, 0.5) is 0 Å². The van der Waals surface area contributed by atoms with E-state index < -0.39 is 16.2 Å².